The van der Waals surface area contributed by atoms with Crippen LogP contribution in [-0.4, -0.2) is 57.5 Å². The Labute approximate surface area is 150 Å². The van der Waals surface area contributed by atoms with Crippen LogP contribution in [0.15, 0.2) is 29.4 Å². The van der Waals surface area contributed by atoms with Crippen molar-refractivity contribution < 1.29 is 13.9 Å². The van der Waals surface area contributed by atoms with Gasteiger partial charge in [0.05, 0.1) is 25.5 Å². The Hall–Kier alpha value is -1.77. The molecule has 0 amide bonds. The van der Waals surface area contributed by atoms with Gasteiger partial charge in [0.1, 0.15) is 11.6 Å². The molecule has 0 aliphatic carbocycles. The fraction of sp³-hybridized carbons (Fsp3) is 0.471. The zero-order valence-electron chi connectivity index (χ0n) is 14.2. The molecule has 2 aromatic rings. The van der Waals surface area contributed by atoms with E-state index in [2.05, 4.69) is 15.1 Å². The number of aromatic nitrogens is 3. The van der Waals surface area contributed by atoms with Crippen molar-refractivity contribution in [3.8, 4) is 0 Å². The van der Waals surface area contributed by atoms with Gasteiger partial charge < -0.3 is 9.30 Å². The molecule has 0 atom stereocenters. The van der Waals surface area contributed by atoms with Crippen molar-refractivity contribution in [2.75, 3.05) is 32.1 Å². The summed E-state index contributed by atoms with van der Waals surface area (Å²) in [6.07, 6.45) is 0. The zero-order valence-corrected chi connectivity index (χ0v) is 15.0. The number of halogens is 1. The van der Waals surface area contributed by atoms with Crippen molar-refractivity contribution >= 4 is 17.5 Å². The molecule has 1 saturated heterocycles. The molecular weight excluding hydrogens is 343 g/mol. The van der Waals surface area contributed by atoms with Crippen molar-refractivity contribution in [1.29, 1.82) is 0 Å². The third-order valence-electron chi connectivity index (χ3n) is 4.08. The van der Waals surface area contributed by atoms with E-state index in [0.29, 0.717) is 5.56 Å². The summed E-state index contributed by atoms with van der Waals surface area (Å²) in [4.78, 5) is 14.5. The van der Waals surface area contributed by atoms with Crippen LogP contribution in [0.5, 0.6) is 0 Å². The van der Waals surface area contributed by atoms with Gasteiger partial charge in [0, 0.05) is 25.2 Å². The monoisotopic (exact) mass is 364 g/mol. The molecule has 2 heterocycles. The highest BCUT2D eigenvalue weighted by atomic mass is 32.2. The minimum absolute atomic E-state index is 0.0506. The molecular formula is C17H21FN4O2S. The van der Waals surface area contributed by atoms with E-state index in [1.807, 2.05) is 11.5 Å². The predicted octanol–water partition coefficient (Wildman–Crippen LogP) is 2.24. The number of carbonyl (C=O) groups is 1. The average Bonchev–Trinajstić information content (AvgIpc) is 3.02. The van der Waals surface area contributed by atoms with Gasteiger partial charge in [0.25, 0.3) is 0 Å². The van der Waals surface area contributed by atoms with Crippen molar-refractivity contribution in [3.05, 3.63) is 41.5 Å². The van der Waals surface area contributed by atoms with Gasteiger partial charge in [-0.2, -0.15) is 0 Å². The maximum atomic E-state index is 12.9. The highest BCUT2D eigenvalue weighted by Crippen LogP contribution is 2.20. The lowest BCUT2D eigenvalue weighted by molar-refractivity contribution is 0.0325. The molecule has 0 unspecified atom stereocenters. The Morgan fingerprint density at radius 2 is 1.96 bits per heavy atom. The summed E-state index contributed by atoms with van der Waals surface area (Å²) in [5, 5.41) is 9.27. The van der Waals surface area contributed by atoms with Crippen LogP contribution in [0.4, 0.5) is 4.39 Å². The molecule has 1 fully saturated rings. The summed E-state index contributed by atoms with van der Waals surface area (Å²) in [7, 11) is 0. The number of benzene rings is 1. The Balaban J connectivity index is 1.62. The van der Waals surface area contributed by atoms with Crippen LogP contribution in [0.1, 0.15) is 23.1 Å². The summed E-state index contributed by atoms with van der Waals surface area (Å²) < 4.78 is 20.3. The summed E-state index contributed by atoms with van der Waals surface area (Å²) >= 11 is 1.36. The summed E-state index contributed by atoms with van der Waals surface area (Å²) in [5.41, 5.74) is 0.505. The van der Waals surface area contributed by atoms with Gasteiger partial charge in [0.15, 0.2) is 10.9 Å². The van der Waals surface area contributed by atoms with Gasteiger partial charge >= 0.3 is 0 Å². The molecule has 6 nitrogen and oxygen atoms in total. The number of ketones is 1. The standard InChI is InChI=1S/C17H21FN4O2S/c1-2-22-16(11-21-7-9-24-10-8-21)19-20-17(22)25-12-15(23)13-3-5-14(18)6-4-13/h3-6H,2,7-12H2,1H3. The average molecular weight is 364 g/mol. The van der Waals surface area contributed by atoms with Crippen LogP contribution in [0.2, 0.25) is 0 Å². The molecule has 1 aliphatic rings. The normalized spacial score (nSPS) is 15.4. The molecule has 0 spiro atoms. The minimum Gasteiger partial charge on any atom is -0.379 e. The van der Waals surface area contributed by atoms with Gasteiger partial charge in [-0.3, -0.25) is 9.69 Å². The minimum atomic E-state index is -0.345. The number of morpholine rings is 1. The van der Waals surface area contributed by atoms with Crippen molar-refractivity contribution in [2.45, 2.75) is 25.2 Å². The van der Waals surface area contributed by atoms with Gasteiger partial charge in [0.2, 0.25) is 0 Å². The van der Waals surface area contributed by atoms with E-state index >= 15 is 0 Å². The van der Waals surface area contributed by atoms with Crippen molar-refractivity contribution in [3.63, 3.8) is 0 Å². The first kappa shape index (κ1) is 18.0. The second-order valence-electron chi connectivity index (χ2n) is 5.75. The molecule has 25 heavy (non-hydrogen) atoms. The second-order valence-corrected chi connectivity index (χ2v) is 6.69. The first-order valence-corrected chi connectivity index (χ1v) is 9.29. The molecule has 3 rings (SSSR count). The third kappa shape index (κ3) is 4.65. The Morgan fingerprint density at radius 1 is 1.24 bits per heavy atom. The van der Waals surface area contributed by atoms with Gasteiger partial charge in [-0.1, -0.05) is 11.8 Å². The quantitative estimate of drug-likeness (QED) is 0.555. The number of nitrogens with zero attached hydrogens (tertiary/aromatic N) is 4. The van der Waals surface area contributed by atoms with Crippen LogP contribution >= 0.6 is 11.8 Å². The Morgan fingerprint density at radius 3 is 2.64 bits per heavy atom. The van der Waals surface area contributed by atoms with Crippen molar-refractivity contribution in [2.24, 2.45) is 0 Å². The van der Waals surface area contributed by atoms with Crippen LogP contribution in [-0.2, 0) is 17.8 Å². The van der Waals surface area contributed by atoms with E-state index < -0.39 is 0 Å². The molecule has 1 aromatic carbocycles. The molecule has 0 bridgehead atoms. The number of rotatable bonds is 7. The lowest BCUT2D eigenvalue weighted by Crippen LogP contribution is -2.36. The summed E-state index contributed by atoms with van der Waals surface area (Å²) in [6, 6.07) is 5.61. The lowest BCUT2D eigenvalue weighted by atomic mass is 10.1. The Kier molecular flexibility index (Phi) is 6.17. The number of thioether (sulfide) groups is 1. The van der Waals surface area contributed by atoms with E-state index in [4.69, 9.17) is 4.74 Å². The molecule has 0 N–H and O–H groups in total. The van der Waals surface area contributed by atoms with Crippen LogP contribution < -0.4 is 0 Å². The fourth-order valence-corrected chi connectivity index (χ4v) is 3.58. The first-order chi connectivity index (χ1) is 12.2. The largest absolute Gasteiger partial charge is 0.379 e. The number of Topliss-reactive ketones (excluding diaryl/α,β-unsaturated/α-hetero) is 1. The summed E-state index contributed by atoms with van der Waals surface area (Å²) in [6.45, 7) is 6.79. The van der Waals surface area contributed by atoms with Gasteiger partial charge in [-0.15, -0.1) is 10.2 Å². The van der Waals surface area contributed by atoms with E-state index in [0.717, 1.165) is 50.4 Å². The molecule has 134 valence electrons. The smallest absolute Gasteiger partial charge is 0.191 e. The molecule has 1 aliphatic heterocycles. The predicted molar refractivity (Wildman–Crippen MR) is 93.2 cm³/mol. The molecule has 0 saturated carbocycles. The zero-order chi connectivity index (χ0) is 17.6. The lowest BCUT2D eigenvalue weighted by Gasteiger charge is -2.26. The highest BCUT2D eigenvalue weighted by Gasteiger charge is 2.18. The fourth-order valence-electron chi connectivity index (χ4n) is 2.67. The number of carbonyl (C=O) groups excluding carboxylic acids is 1. The Bertz CT molecular complexity index is 714. The van der Waals surface area contributed by atoms with Gasteiger partial charge in [-0.05, 0) is 31.2 Å². The van der Waals surface area contributed by atoms with E-state index in [1.165, 1.54) is 36.0 Å². The number of hydrogen-bond donors (Lipinski definition) is 0. The molecule has 1 aromatic heterocycles. The van der Waals surface area contributed by atoms with E-state index in [9.17, 15) is 9.18 Å². The SMILES string of the molecule is CCn1c(CN2CCOCC2)nnc1SCC(=O)c1ccc(F)cc1. The second kappa shape index (κ2) is 8.55. The topological polar surface area (TPSA) is 60.2 Å². The first-order valence-electron chi connectivity index (χ1n) is 8.31. The highest BCUT2D eigenvalue weighted by molar-refractivity contribution is 7.99. The summed E-state index contributed by atoms with van der Waals surface area (Å²) in [5.74, 6) is 0.760. The third-order valence-corrected chi connectivity index (χ3v) is 5.04. The molecule has 0 radical (unpaired) electrons. The van der Waals surface area contributed by atoms with Crippen LogP contribution in [0.3, 0.4) is 0 Å². The molecule has 8 heteroatoms. The van der Waals surface area contributed by atoms with Crippen LogP contribution in [0, 0.1) is 5.82 Å². The van der Waals surface area contributed by atoms with Crippen LogP contribution in [0.25, 0.3) is 0 Å². The van der Waals surface area contributed by atoms with E-state index in [1.54, 1.807) is 0 Å². The van der Waals surface area contributed by atoms with Crippen molar-refractivity contribution in [1.82, 2.24) is 19.7 Å². The van der Waals surface area contributed by atoms with E-state index in [-0.39, 0.29) is 17.4 Å². The maximum Gasteiger partial charge on any atom is 0.191 e. The number of hydrogen-bond acceptors (Lipinski definition) is 6. The number of ether oxygens (including phenoxy) is 1. The maximum absolute atomic E-state index is 12.9. The van der Waals surface area contributed by atoms with Gasteiger partial charge in [-0.25, -0.2) is 4.39 Å².